The Hall–Kier alpha value is -3.06. The lowest BCUT2D eigenvalue weighted by Gasteiger charge is -2.51. The quantitative estimate of drug-likeness (QED) is 0.0642. The third kappa shape index (κ3) is 7.96. The zero-order chi connectivity index (χ0) is 32.7. The van der Waals surface area contributed by atoms with Gasteiger partial charge in [-0.3, -0.25) is 20.2 Å². The predicted octanol–water partition coefficient (Wildman–Crippen LogP) is 9.57. The van der Waals surface area contributed by atoms with E-state index in [1.807, 2.05) is 32.1 Å². The molecule has 0 aliphatic heterocycles. The maximum Gasteiger partial charge on any atom is 0.279 e. The third-order valence-electron chi connectivity index (χ3n) is 9.61. The summed E-state index contributed by atoms with van der Waals surface area (Å²) >= 11 is 6.54. The lowest BCUT2D eigenvalue weighted by atomic mass is 9.55. The zero-order valence-corrected chi connectivity index (χ0v) is 28.8. The molecule has 7 nitrogen and oxygen atoms in total. The number of allylic oxidation sites excluding steroid dienone is 4. The number of aromatic amines is 1. The van der Waals surface area contributed by atoms with Crippen LogP contribution in [0.1, 0.15) is 105 Å². The van der Waals surface area contributed by atoms with Gasteiger partial charge in [0.05, 0.1) is 29.6 Å². The van der Waals surface area contributed by atoms with E-state index in [0.29, 0.717) is 33.2 Å². The number of pyridine rings is 1. The summed E-state index contributed by atoms with van der Waals surface area (Å²) in [6.07, 6.45) is 19.8. The number of halogens is 1. The van der Waals surface area contributed by atoms with Gasteiger partial charge in [-0.1, -0.05) is 84.4 Å². The Morgan fingerprint density at radius 3 is 2.45 bits per heavy atom. The molecule has 1 unspecified atom stereocenters. The minimum absolute atomic E-state index is 0.222. The number of nitrogens with one attached hydrogen (secondary N) is 3. The molecule has 1 spiro atoms. The van der Waals surface area contributed by atoms with Crippen LogP contribution in [0.5, 0.6) is 0 Å². The van der Waals surface area contributed by atoms with Crippen molar-refractivity contribution in [1.82, 2.24) is 14.5 Å². The number of ether oxygens (including phenoxy) is 1. The topological polar surface area (TPSA) is 98.0 Å². The number of aryl methyl sites for hydroxylation is 1. The van der Waals surface area contributed by atoms with Crippen LogP contribution in [-0.4, -0.2) is 40.8 Å². The molecule has 2 aromatic heterocycles. The standard InChI is InChI=1S/C26H32ClN5O2.C10H22/c1-6-19-11-20-21(27)12-32(23(33)22(20)30-19)16(2)9-18(10-17(3)34-5)26(24(29)31(4)15-28)13-25(14-26)7-8-25;1-4-6-7-8-9-10(3)5-2/h9-12,15,28-30H,2,6-8,13-14H2,1,3-5H3;10H,4-9H2,1-3H3/b17-10+,18-9+,28-15?,29-24?;. The summed E-state index contributed by atoms with van der Waals surface area (Å²) in [4.78, 5) is 18.0. The van der Waals surface area contributed by atoms with Crippen LogP contribution in [0.25, 0.3) is 16.6 Å². The van der Waals surface area contributed by atoms with Crippen LogP contribution in [0.3, 0.4) is 0 Å². The van der Waals surface area contributed by atoms with Crippen LogP contribution >= 0.6 is 11.6 Å². The number of H-pyrrole nitrogens is 1. The Morgan fingerprint density at radius 1 is 1.23 bits per heavy atom. The maximum atomic E-state index is 13.3. The molecule has 0 amide bonds. The van der Waals surface area contributed by atoms with Gasteiger partial charge in [0.25, 0.3) is 5.56 Å². The minimum atomic E-state index is -0.579. The van der Waals surface area contributed by atoms with Crippen LogP contribution in [0.2, 0.25) is 5.02 Å². The first-order chi connectivity index (χ1) is 20.9. The maximum absolute atomic E-state index is 13.3. The number of amidine groups is 1. The first-order valence-corrected chi connectivity index (χ1v) is 16.7. The Morgan fingerprint density at radius 2 is 1.91 bits per heavy atom. The Balaban J connectivity index is 0.000000456. The largest absolute Gasteiger partial charge is 0.501 e. The van der Waals surface area contributed by atoms with Crippen molar-refractivity contribution in [2.75, 3.05) is 14.2 Å². The van der Waals surface area contributed by atoms with E-state index in [0.717, 1.165) is 55.6 Å². The van der Waals surface area contributed by atoms with Crippen LogP contribution in [0.15, 0.2) is 47.1 Å². The summed E-state index contributed by atoms with van der Waals surface area (Å²) in [6, 6.07) is 1.91. The smallest absolute Gasteiger partial charge is 0.279 e. The van der Waals surface area contributed by atoms with E-state index in [2.05, 4.69) is 32.3 Å². The molecule has 1 atom stereocenters. The van der Waals surface area contributed by atoms with E-state index in [1.54, 1.807) is 25.3 Å². The highest BCUT2D eigenvalue weighted by molar-refractivity contribution is 6.35. The van der Waals surface area contributed by atoms with Crippen molar-refractivity contribution < 1.29 is 4.74 Å². The van der Waals surface area contributed by atoms with Gasteiger partial charge in [0.15, 0.2) is 0 Å². The molecular weight excluding hydrogens is 570 g/mol. The highest BCUT2D eigenvalue weighted by atomic mass is 35.5. The molecule has 2 aliphatic rings. The number of fused-ring (bicyclic) bond motifs is 1. The van der Waals surface area contributed by atoms with E-state index in [4.69, 9.17) is 27.2 Å². The highest BCUT2D eigenvalue weighted by Gasteiger charge is 2.64. The number of hydrogen-bond donors (Lipinski definition) is 3. The summed E-state index contributed by atoms with van der Waals surface area (Å²) < 4.78 is 6.91. The summed E-state index contributed by atoms with van der Waals surface area (Å²) in [6.45, 7) is 15.0. The second kappa shape index (κ2) is 15.3. The number of rotatable bonds is 14. The molecule has 2 heterocycles. The van der Waals surface area contributed by atoms with Gasteiger partial charge in [0.2, 0.25) is 0 Å². The molecule has 2 aromatic rings. The first kappa shape index (κ1) is 35.4. The van der Waals surface area contributed by atoms with E-state index in [1.165, 1.54) is 43.1 Å². The fraction of sp³-hybridized carbons (Fsp3) is 0.583. The number of hydrogen-bond acceptors (Lipinski definition) is 4. The van der Waals surface area contributed by atoms with Gasteiger partial charge in [-0.25, -0.2) is 0 Å². The molecule has 44 heavy (non-hydrogen) atoms. The SMILES string of the molecule is C=C(/C=C(\C=C(/C)OC)C1(C(=N)N(C)C=N)CC2(CC2)C1)n1cc(Cl)c2cc(CC)[nH]c2c1=O.CCCCCCC(C)CC. The van der Waals surface area contributed by atoms with Crippen LogP contribution in [0.4, 0.5) is 0 Å². The van der Waals surface area contributed by atoms with Crippen LogP contribution in [0, 0.1) is 27.6 Å². The molecule has 0 radical (unpaired) electrons. The molecular formula is C36H54ClN5O2. The van der Waals surface area contributed by atoms with Crippen molar-refractivity contribution in [2.45, 2.75) is 105 Å². The lowest BCUT2D eigenvalue weighted by Crippen LogP contribution is -2.51. The van der Waals surface area contributed by atoms with Gasteiger partial charge < -0.3 is 14.6 Å². The van der Waals surface area contributed by atoms with E-state index in [9.17, 15) is 4.79 Å². The second-order valence-electron chi connectivity index (χ2n) is 13.0. The Kier molecular flexibility index (Phi) is 12.3. The lowest BCUT2D eigenvalue weighted by molar-refractivity contribution is 0.137. The zero-order valence-electron chi connectivity index (χ0n) is 28.0. The summed E-state index contributed by atoms with van der Waals surface area (Å²) in [7, 11) is 3.33. The number of nitrogens with zero attached hydrogens (tertiary/aromatic N) is 2. The summed E-state index contributed by atoms with van der Waals surface area (Å²) in [5.41, 5.74) is 2.18. The van der Waals surface area contributed by atoms with Gasteiger partial charge in [0.1, 0.15) is 11.4 Å². The monoisotopic (exact) mass is 623 g/mol. The molecule has 2 aliphatic carbocycles. The van der Waals surface area contributed by atoms with Gasteiger partial charge in [0, 0.05) is 30.0 Å². The van der Waals surface area contributed by atoms with Crippen molar-refractivity contribution in [1.29, 1.82) is 10.8 Å². The van der Waals surface area contributed by atoms with Crippen LogP contribution < -0.4 is 5.56 Å². The normalized spacial score (nSPS) is 17.4. The molecule has 4 rings (SSSR count). The van der Waals surface area contributed by atoms with E-state index < -0.39 is 5.41 Å². The van der Waals surface area contributed by atoms with Gasteiger partial charge >= 0.3 is 0 Å². The van der Waals surface area contributed by atoms with E-state index >= 15 is 0 Å². The average Bonchev–Trinajstić information content (AvgIpc) is 3.67. The Labute approximate surface area is 269 Å². The molecule has 8 heteroatoms. The fourth-order valence-corrected chi connectivity index (χ4v) is 6.52. The molecule has 2 saturated carbocycles. The van der Waals surface area contributed by atoms with Crippen molar-refractivity contribution in [3.63, 3.8) is 0 Å². The number of aromatic nitrogens is 2. The molecule has 3 N–H and O–H groups in total. The first-order valence-electron chi connectivity index (χ1n) is 16.3. The Bertz CT molecular complexity index is 1450. The summed E-state index contributed by atoms with van der Waals surface area (Å²) in [5, 5.41) is 17.8. The summed E-state index contributed by atoms with van der Waals surface area (Å²) in [5.74, 6) is 2.01. The van der Waals surface area contributed by atoms with Crippen molar-refractivity contribution in [3.8, 4) is 0 Å². The molecule has 242 valence electrons. The molecule has 0 saturated heterocycles. The number of unbranched alkanes of at least 4 members (excludes halogenated alkanes) is 3. The predicted molar refractivity (Wildman–Crippen MR) is 187 cm³/mol. The van der Waals surface area contributed by atoms with Crippen molar-refractivity contribution >= 4 is 40.4 Å². The average molecular weight is 624 g/mol. The van der Waals surface area contributed by atoms with Gasteiger partial charge in [-0.2, -0.15) is 0 Å². The molecule has 0 aromatic carbocycles. The highest BCUT2D eigenvalue weighted by Crippen LogP contribution is 2.71. The molecule has 0 bridgehead atoms. The number of methoxy groups -OCH3 is 1. The van der Waals surface area contributed by atoms with Gasteiger partial charge in [-0.05, 0) is 74.2 Å². The second-order valence-corrected chi connectivity index (χ2v) is 13.4. The molecule has 2 fully saturated rings. The minimum Gasteiger partial charge on any atom is -0.501 e. The van der Waals surface area contributed by atoms with E-state index in [-0.39, 0.29) is 11.0 Å². The van der Waals surface area contributed by atoms with Crippen LogP contribution in [-0.2, 0) is 11.2 Å². The third-order valence-corrected chi connectivity index (χ3v) is 9.91. The van der Waals surface area contributed by atoms with Gasteiger partial charge in [-0.15, -0.1) is 0 Å². The van der Waals surface area contributed by atoms with Crippen molar-refractivity contribution in [2.24, 2.45) is 16.7 Å². The van der Waals surface area contributed by atoms with Crippen molar-refractivity contribution in [3.05, 3.63) is 63.4 Å². The fourth-order valence-electron chi connectivity index (χ4n) is 6.27.